The molecule has 0 N–H and O–H groups in total. The topological polar surface area (TPSA) is 31.4 Å². The number of thiazole rings is 1. The van der Waals surface area contributed by atoms with E-state index in [0.717, 1.165) is 33.1 Å². The minimum absolute atomic E-state index is 0.506. The zero-order valence-electron chi connectivity index (χ0n) is 11.2. The number of rotatable bonds is 5. The molecule has 0 spiro atoms. The van der Waals surface area contributed by atoms with Crippen molar-refractivity contribution < 1.29 is 9.47 Å². The molecule has 1 heterocycles. The molecule has 0 saturated carbocycles. The quantitative estimate of drug-likeness (QED) is 0.762. The number of hydrogen-bond donors (Lipinski definition) is 0. The van der Waals surface area contributed by atoms with Crippen LogP contribution in [0.4, 0.5) is 0 Å². The summed E-state index contributed by atoms with van der Waals surface area (Å²) in [5.41, 5.74) is 2.16. The maximum absolute atomic E-state index is 5.84. The molecule has 1 aromatic heterocycles. The number of alkyl halides is 1. The molecule has 0 fully saturated rings. The summed E-state index contributed by atoms with van der Waals surface area (Å²) in [6.07, 6.45) is 0. The van der Waals surface area contributed by atoms with Crippen molar-refractivity contribution in [1.29, 1.82) is 0 Å². The first-order valence-corrected chi connectivity index (χ1v) is 7.86. The summed E-state index contributed by atoms with van der Waals surface area (Å²) in [5.74, 6) is 1.70. The van der Waals surface area contributed by atoms with Crippen molar-refractivity contribution in [3.63, 3.8) is 0 Å². The van der Waals surface area contributed by atoms with E-state index >= 15 is 0 Å². The van der Waals surface area contributed by atoms with E-state index in [4.69, 9.17) is 9.47 Å². The Balaban J connectivity index is 2.10. The second kappa shape index (κ2) is 6.39. The van der Waals surface area contributed by atoms with Crippen LogP contribution in [0.2, 0.25) is 0 Å². The van der Waals surface area contributed by atoms with Crippen LogP contribution in [-0.4, -0.2) is 12.1 Å². The summed E-state index contributed by atoms with van der Waals surface area (Å²) in [5, 5.41) is 1.74. The highest BCUT2D eigenvalue weighted by Gasteiger charge is 2.08. The highest BCUT2D eigenvalue weighted by Crippen LogP contribution is 2.27. The Kier molecular flexibility index (Phi) is 4.82. The van der Waals surface area contributed by atoms with Gasteiger partial charge in [-0.1, -0.05) is 15.9 Å². The van der Waals surface area contributed by atoms with Crippen molar-refractivity contribution in [2.24, 2.45) is 0 Å². The van der Waals surface area contributed by atoms with Gasteiger partial charge in [0.05, 0.1) is 12.8 Å². The highest BCUT2D eigenvalue weighted by molar-refractivity contribution is 9.08. The van der Waals surface area contributed by atoms with Gasteiger partial charge in [-0.2, -0.15) is 0 Å². The summed E-state index contributed by atoms with van der Waals surface area (Å²) < 4.78 is 11.1. The molecule has 0 amide bonds. The molecule has 19 heavy (non-hydrogen) atoms. The molecule has 0 atom stereocenters. The minimum atomic E-state index is 0.506. The Morgan fingerprint density at radius 2 is 2.11 bits per heavy atom. The van der Waals surface area contributed by atoms with E-state index in [2.05, 4.69) is 27.8 Å². The third kappa shape index (κ3) is 3.48. The lowest BCUT2D eigenvalue weighted by atomic mass is 10.2. The van der Waals surface area contributed by atoms with Crippen LogP contribution in [0.15, 0.2) is 18.2 Å². The third-order valence-corrected chi connectivity index (χ3v) is 4.49. The van der Waals surface area contributed by atoms with Crippen molar-refractivity contribution in [3.8, 4) is 11.5 Å². The van der Waals surface area contributed by atoms with Gasteiger partial charge in [-0.3, -0.25) is 0 Å². The summed E-state index contributed by atoms with van der Waals surface area (Å²) >= 11 is 5.15. The molecule has 102 valence electrons. The van der Waals surface area contributed by atoms with Crippen molar-refractivity contribution in [2.75, 3.05) is 7.11 Å². The molecule has 3 nitrogen and oxygen atoms in total. The largest absolute Gasteiger partial charge is 0.497 e. The number of aromatic nitrogens is 1. The number of hydrogen-bond acceptors (Lipinski definition) is 4. The van der Waals surface area contributed by atoms with E-state index in [0.29, 0.717) is 6.61 Å². The van der Waals surface area contributed by atoms with Crippen molar-refractivity contribution >= 4 is 27.3 Å². The van der Waals surface area contributed by atoms with Crippen LogP contribution in [-0.2, 0) is 11.9 Å². The van der Waals surface area contributed by atoms with Gasteiger partial charge in [-0.25, -0.2) is 4.98 Å². The highest BCUT2D eigenvalue weighted by atomic mass is 79.9. The summed E-state index contributed by atoms with van der Waals surface area (Å²) in [6.45, 7) is 4.60. The monoisotopic (exact) mass is 341 g/mol. The van der Waals surface area contributed by atoms with Gasteiger partial charge in [0.25, 0.3) is 0 Å². The fraction of sp³-hybridized carbons (Fsp3) is 0.357. The molecule has 5 heteroatoms. The van der Waals surface area contributed by atoms with Gasteiger partial charge < -0.3 is 9.47 Å². The van der Waals surface area contributed by atoms with E-state index in [-0.39, 0.29) is 0 Å². The third-order valence-electron chi connectivity index (χ3n) is 2.84. The normalized spacial score (nSPS) is 10.5. The number of halogens is 1. The van der Waals surface area contributed by atoms with Crippen molar-refractivity contribution in [3.05, 3.63) is 39.3 Å². The van der Waals surface area contributed by atoms with Gasteiger partial charge in [-0.15, -0.1) is 11.3 Å². The van der Waals surface area contributed by atoms with E-state index in [9.17, 15) is 0 Å². The molecule has 0 radical (unpaired) electrons. The molecule has 0 bridgehead atoms. The lowest BCUT2D eigenvalue weighted by molar-refractivity contribution is 0.302. The van der Waals surface area contributed by atoms with Gasteiger partial charge in [-0.05, 0) is 32.0 Å². The van der Waals surface area contributed by atoms with E-state index in [1.807, 2.05) is 25.1 Å². The van der Waals surface area contributed by atoms with Crippen LogP contribution in [0.5, 0.6) is 11.5 Å². The number of ether oxygens (including phenoxy) is 2. The van der Waals surface area contributed by atoms with Gasteiger partial charge in [0, 0.05) is 15.8 Å². The van der Waals surface area contributed by atoms with E-state index < -0.39 is 0 Å². The van der Waals surface area contributed by atoms with Crippen molar-refractivity contribution in [1.82, 2.24) is 4.98 Å². The maximum atomic E-state index is 5.84. The smallest absolute Gasteiger partial charge is 0.140 e. The molecular formula is C14H16BrNO2S. The van der Waals surface area contributed by atoms with Crippen molar-refractivity contribution in [2.45, 2.75) is 25.8 Å². The molecular weight excluding hydrogens is 326 g/mol. The number of methoxy groups -OCH3 is 1. The summed E-state index contributed by atoms with van der Waals surface area (Å²) in [6, 6.07) is 5.81. The van der Waals surface area contributed by atoms with Gasteiger partial charge in [0.1, 0.15) is 23.1 Å². The van der Waals surface area contributed by atoms with Crippen LogP contribution in [0.25, 0.3) is 0 Å². The molecule has 2 rings (SSSR count). The Morgan fingerprint density at radius 1 is 1.32 bits per heavy atom. The Labute approximate surface area is 125 Å². The number of nitrogens with zero attached hydrogens (tertiary/aromatic N) is 1. The first kappa shape index (κ1) is 14.3. The average Bonchev–Trinajstić information content (AvgIpc) is 2.75. The second-order valence-corrected chi connectivity index (χ2v) is 5.99. The maximum Gasteiger partial charge on any atom is 0.140 e. The van der Waals surface area contributed by atoms with Crippen LogP contribution in [0.1, 0.15) is 21.1 Å². The fourth-order valence-corrected chi connectivity index (χ4v) is 2.95. The molecule has 2 aromatic rings. The molecule has 0 unspecified atom stereocenters. The van der Waals surface area contributed by atoms with Gasteiger partial charge in [0.2, 0.25) is 0 Å². The van der Waals surface area contributed by atoms with Crippen LogP contribution in [0, 0.1) is 13.8 Å². The minimum Gasteiger partial charge on any atom is -0.497 e. The number of benzene rings is 1. The standard InChI is InChI=1S/C14H16BrNO2S/c1-9-10(2)19-14(16-9)8-18-13-5-4-12(17-3)6-11(13)7-15/h4-6H,7-8H2,1-3H3. The Bertz CT molecular complexity index is 549. The van der Waals surface area contributed by atoms with Gasteiger partial charge in [0.15, 0.2) is 0 Å². The SMILES string of the molecule is COc1ccc(OCc2nc(C)c(C)s2)c(CBr)c1. The molecule has 0 aliphatic rings. The lowest BCUT2D eigenvalue weighted by Crippen LogP contribution is -1.98. The molecule has 1 aromatic carbocycles. The average molecular weight is 342 g/mol. The van der Waals surface area contributed by atoms with Crippen LogP contribution < -0.4 is 9.47 Å². The van der Waals surface area contributed by atoms with Crippen LogP contribution >= 0.6 is 27.3 Å². The predicted molar refractivity (Wildman–Crippen MR) is 81.5 cm³/mol. The summed E-state index contributed by atoms with van der Waals surface area (Å²) in [4.78, 5) is 5.72. The molecule has 0 saturated heterocycles. The zero-order chi connectivity index (χ0) is 13.8. The fourth-order valence-electron chi connectivity index (χ4n) is 1.67. The Morgan fingerprint density at radius 3 is 2.68 bits per heavy atom. The second-order valence-electron chi connectivity index (χ2n) is 4.15. The lowest BCUT2D eigenvalue weighted by Gasteiger charge is -2.10. The zero-order valence-corrected chi connectivity index (χ0v) is 13.6. The Hall–Kier alpha value is -1.07. The van der Waals surface area contributed by atoms with E-state index in [1.165, 1.54) is 4.88 Å². The van der Waals surface area contributed by atoms with Crippen LogP contribution in [0.3, 0.4) is 0 Å². The first-order valence-electron chi connectivity index (χ1n) is 5.92. The molecule has 0 aliphatic heterocycles. The summed E-state index contributed by atoms with van der Waals surface area (Å²) in [7, 11) is 1.66. The molecule has 0 aliphatic carbocycles. The number of aryl methyl sites for hydroxylation is 2. The predicted octanol–water partition coefficient (Wildman–Crippen LogP) is 4.24. The first-order chi connectivity index (χ1) is 9.13. The van der Waals surface area contributed by atoms with Gasteiger partial charge >= 0.3 is 0 Å². The van der Waals surface area contributed by atoms with E-state index in [1.54, 1.807) is 18.4 Å².